The van der Waals surface area contributed by atoms with Gasteiger partial charge in [0.15, 0.2) is 0 Å². The zero-order valence-corrected chi connectivity index (χ0v) is 23.9. The molecule has 1 aliphatic rings. The molecule has 2 aromatic carbocycles. The van der Waals surface area contributed by atoms with E-state index in [0.717, 1.165) is 38.4 Å². The van der Waals surface area contributed by atoms with Crippen LogP contribution in [0.25, 0.3) is 0 Å². The molecule has 0 radical (unpaired) electrons. The van der Waals surface area contributed by atoms with Crippen molar-refractivity contribution in [3.05, 3.63) is 59.9 Å². The predicted octanol–water partition coefficient (Wildman–Crippen LogP) is 4.64. The van der Waals surface area contributed by atoms with Crippen LogP contribution in [0.1, 0.15) is 63.9 Å². The summed E-state index contributed by atoms with van der Waals surface area (Å²) in [6, 6.07) is 12.1. The van der Waals surface area contributed by atoms with E-state index in [-0.39, 0.29) is 49.6 Å². The number of para-hydroxylation sites is 2. The number of halogens is 1. The van der Waals surface area contributed by atoms with E-state index in [1.807, 2.05) is 6.92 Å². The number of carbonyl (C=O) groups is 2. The molecule has 2 amide bonds. The molecule has 0 bridgehead atoms. The van der Waals surface area contributed by atoms with Crippen LogP contribution in [0.4, 0.5) is 10.1 Å². The molecule has 0 spiro atoms. The van der Waals surface area contributed by atoms with Crippen LogP contribution in [0.15, 0.2) is 48.5 Å². The third-order valence-corrected chi connectivity index (χ3v) is 8.29. The highest BCUT2D eigenvalue weighted by molar-refractivity contribution is 7.92. The first-order valence-corrected chi connectivity index (χ1v) is 15.4. The minimum absolute atomic E-state index is 0.0373. The highest BCUT2D eigenvalue weighted by Gasteiger charge is 2.30. The Morgan fingerprint density at radius 1 is 1.08 bits per heavy atom. The summed E-state index contributed by atoms with van der Waals surface area (Å²) in [4.78, 5) is 28.5. The quantitative estimate of drug-likeness (QED) is 0.385. The SMILES string of the molecule is CCC(C(=O)NC1CCCCC1)N(Cc1ccc(F)cc1)C(=O)CCCN(c1ccccc1OC)S(C)(=O)=O. The minimum Gasteiger partial charge on any atom is -0.495 e. The van der Waals surface area contributed by atoms with Gasteiger partial charge in [0.2, 0.25) is 21.8 Å². The van der Waals surface area contributed by atoms with Gasteiger partial charge < -0.3 is 15.0 Å². The Hall–Kier alpha value is -3.14. The van der Waals surface area contributed by atoms with Crippen LogP contribution in [0, 0.1) is 5.82 Å². The lowest BCUT2D eigenvalue weighted by Gasteiger charge is -2.33. The van der Waals surface area contributed by atoms with Crippen LogP contribution in [-0.2, 0) is 26.2 Å². The summed E-state index contributed by atoms with van der Waals surface area (Å²) in [5.41, 5.74) is 1.11. The van der Waals surface area contributed by atoms with Crippen molar-refractivity contribution in [3.8, 4) is 5.75 Å². The molecule has 10 heteroatoms. The first kappa shape index (κ1) is 30.4. The van der Waals surface area contributed by atoms with Gasteiger partial charge in [0.25, 0.3) is 0 Å². The second-order valence-electron chi connectivity index (χ2n) is 10.0. The fraction of sp³-hybridized carbons (Fsp3) is 0.517. The number of ether oxygens (including phenoxy) is 1. The minimum atomic E-state index is -3.64. The van der Waals surface area contributed by atoms with Crippen molar-refractivity contribution in [1.29, 1.82) is 0 Å². The first-order valence-electron chi connectivity index (χ1n) is 13.6. The van der Waals surface area contributed by atoms with Crippen LogP contribution >= 0.6 is 0 Å². The maximum atomic E-state index is 13.6. The number of hydrogen-bond donors (Lipinski definition) is 1. The molecular formula is C29H40FN3O5S. The summed E-state index contributed by atoms with van der Waals surface area (Å²) < 4.78 is 45.3. The van der Waals surface area contributed by atoms with Gasteiger partial charge in [-0.2, -0.15) is 0 Å². The maximum absolute atomic E-state index is 13.6. The van der Waals surface area contributed by atoms with E-state index < -0.39 is 16.1 Å². The fourth-order valence-electron chi connectivity index (χ4n) is 5.07. The molecule has 0 saturated heterocycles. The molecule has 0 heterocycles. The summed E-state index contributed by atoms with van der Waals surface area (Å²) in [6.45, 7) is 2.08. The van der Waals surface area contributed by atoms with Crippen LogP contribution in [0.3, 0.4) is 0 Å². The summed E-state index contributed by atoms with van der Waals surface area (Å²) >= 11 is 0. The topological polar surface area (TPSA) is 96.0 Å². The third kappa shape index (κ3) is 8.68. The number of nitrogens with zero attached hydrogens (tertiary/aromatic N) is 2. The van der Waals surface area contributed by atoms with Gasteiger partial charge in [-0.1, -0.05) is 50.5 Å². The first-order chi connectivity index (χ1) is 18.6. The van der Waals surface area contributed by atoms with Gasteiger partial charge in [-0.05, 0) is 55.5 Å². The Morgan fingerprint density at radius 2 is 1.74 bits per heavy atom. The molecular weight excluding hydrogens is 521 g/mol. The lowest BCUT2D eigenvalue weighted by atomic mass is 9.95. The van der Waals surface area contributed by atoms with E-state index in [1.54, 1.807) is 41.3 Å². The van der Waals surface area contributed by atoms with Crippen molar-refractivity contribution in [3.63, 3.8) is 0 Å². The van der Waals surface area contributed by atoms with Crippen molar-refractivity contribution in [2.45, 2.75) is 76.9 Å². The zero-order valence-electron chi connectivity index (χ0n) is 23.1. The number of sulfonamides is 1. The van der Waals surface area contributed by atoms with Gasteiger partial charge in [-0.3, -0.25) is 13.9 Å². The molecule has 0 aliphatic heterocycles. The van der Waals surface area contributed by atoms with Crippen molar-refractivity contribution < 1.29 is 27.1 Å². The van der Waals surface area contributed by atoms with Crippen LogP contribution in [0.5, 0.6) is 5.75 Å². The number of methoxy groups -OCH3 is 1. The van der Waals surface area contributed by atoms with Crippen LogP contribution < -0.4 is 14.4 Å². The molecule has 1 aliphatic carbocycles. The molecule has 1 fully saturated rings. The number of anilines is 1. The van der Waals surface area contributed by atoms with Gasteiger partial charge in [-0.15, -0.1) is 0 Å². The van der Waals surface area contributed by atoms with E-state index >= 15 is 0 Å². The Balaban J connectivity index is 1.77. The van der Waals surface area contributed by atoms with Gasteiger partial charge >= 0.3 is 0 Å². The second-order valence-corrected chi connectivity index (χ2v) is 11.9. The Morgan fingerprint density at radius 3 is 2.36 bits per heavy atom. The van der Waals surface area contributed by atoms with Crippen LogP contribution in [-0.4, -0.2) is 57.1 Å². The van der Waals surface area contributed by atoms with Crippen molar-refractivity contribution in [2.75, 3.05) is 24.2 Å². The normalized spacial score (nSPS) is 14.9. The summed E-state index contributed by atoms with van der Waals surface area (Å²) in [7, 11) is -2.17. The van der Waals surface area contributed by atoms with E-state index in [4.69, 9.17) is 4.74 Å². The lowest BCUT2D eigenvalue weighted by molar-refractivity contribution is -0.141. The molecule has 1 unspecified atom stereocenters. The van der Waals surface area contributed by atoms with E-state index in [0.29, 0.717) is 23.4 Å². The monoisotopic (exact) mass is 561 g/mol. The molecule has 39 heavy (non-hydrogen) atoms. The molecule has 1 N–H and O–H groups in total. The summed E-state index contributed by atoms with van der Waals surface area (Å²) in [6.07, 6.45) is 6.98. The molecule has 3 rings (SSSR count). The van der Waals surface area contributed by atoms with Crippen LogP contribution in [0.2, 0.25) is 0 Å². The average molecular weight is 562 g/mol. The number of rotatable bonds is 13. The number of benzene rings is 2. The molecule has 8 nitrogen and oxygen atoms in total. The van der Waals surface area contributed by atoms with Gasteiger partial charge in [0.05, 0.1) is 19.1 Å². The van der Waals surface area contributed by atoms with Crippen molar-refractivity contribution >= 4 is 27.5 Å². The fourth-order valence-corrected chi connectivity index (χ4v) is 6.04. The molecule has 214 valence electrons. The molecule has 1 saturated carbocycles. The van der Waals surface area contributed by atoms with Gasteiger partial charge in [0, 0.05) is 25.6 Å². The standard InChI is InChI=1S/C29H40FN3O5S/c1-4-25(29(35)31-24-11-6-5-7-12-24)32(21-22-16-18-23(30)19-17-22)28(34)15-10-20-33(39(3,36)37)26-13-8-9-14-27(26)38-2/h8-9,13-14,16-19,24-25H,4-7,10-12,15,20-21H2,1-3H3,(H,31,35). The Bertz CT molecular complexity index is 1200. The van der Waals surface area contributed by atoms with E-state index in [2.05, 4.69) is 5.32 Å². The summed E-state index contributed by atoms with van der Waals surface area (Å²) in [5, 5.41) is 3.13. The Labute approximate surface area is 231 Å². The number of carbonyl (C=O) groups excluding carboxylic acids is 2. The van der Waals surface area contributed by atoms with Gasteiger partial charge in [0.1, 0.15) is 17.6 Å². The third-order valence-electron chi connectivity index (χ3n) is 7.11. The number of amides is 2. The van der Waals surface area contributed by atoms with E-state index in [1.165, 1.54) is 23.5 Å². The maximum Gasteiger partial charge on any atom is 0.243 e. The highest BCUT2D eigenvalue weighted by atomic mass is 32.2. The number of hydrogen-bond acceptors (Lipinski definition) is 5. The Kier molecular flexibility index (Phi) is 11.2. The van der Waals surface area contributed by atoms with Crippen molar-refractivity contribution in [1.82, 2.24) is 10.2 Å². The smallest absolute Gasteiger partial charge is 0.243 e. The molecule has 2 aromatic rings. The molecule has 0 aromatic heterocycles. The zero-order chi connectivity index (χ0) is 28.4. The lowest BCUT2D eigenvalue weighted by Crippen LogP contribution is -2.51. The van der Waals surface area contributed by atoms with Crippen molar-refractivity contribution in [2.24, 2.45) is 0 Å². The highest BCUT2D eigenvalue weighted by Crippen LogP contribution is 2.30. The summed E-state index contributed by atoms with van der Waals surface area (Å²) in [5.74, 6) is -0.418. The molecule has 1 atom stereocenters. The van der Waals surface area contributed by atoms with Gasteiger partial charge in [-0.25, -0.2) is 12.8 Å². The predicted molar refractivity (Wildman–Crippen MR) is 150 cm³/mol. The van der Waals surface area contributed by atoms with E-state index in [9.17, 15) is 22.4 Å². The largest absolute Gasteiger partial charge is 0.495 e. The number of nitrogens with one attached hydrogen (secondary N) is 1. The average Bonchev–Trinajstić information content (AvgIpc) is 2.92. The second kappa shape index (κ2) is 14.3.